The van der Waals surface area contributed by atoms with Gasteiger partial charge in [0, 0.05) is 71.6 Å². The van der Waals surface area contributed by atoms with Gasteiger partial charge in [-0.05, 0) is 117 Å². The predicted molar refractivity (Wildman–Crippen MR) is 304 cm³/mol. The lowest BCUT2D eigenvalue weighted by molar-refractivity contribution is 0.590. The molecule has 0 aliphatic carbocycles. The van der Waals surface area contributed by atoms with Crippen molar-refractivity contribution in [3.63, 3.8) is 0 Å². The summed E-state index contributed by atoms with van der Waals surface area (Å²) in [5.41, 5.74) is 16.9. The first-order valence-electron chi connectivity index (χ1n) is 25.5. The van der Waals surface area contributed by atoms with Crippen molar-refractivity contribution in [1.29, 1.82) is 0 Å². The van der Waals surface area contributed by atoms with Gasteiger partial charge in [-0.2, -0.15) is 0 Å². The molecule has 0 aliphatic heterocycles. The zero-order valence-corrected chi connectivity index (χ0v) is 42.7. The smallest absolute Gasteiger partial charge is 0.161 e. The lowest BCUT2D eigenvalue weighted by atomic mass is 9.82. The molecule has 0 aliphatic rings. The van der Waals surface area contributed by atoms with Crippen molar-refractivity contribution in [3.05, 3.63) is 181 Å². The third-order valence-electron chi connectivity index (χ3n) is 15.4. The minimum absolute atomic E-state index is 0.0371. The van der Waals surface area contributed by atoms with Crippen molar-refractivity contribution >= 4 is 98.5 Å². The number of nitrogens with one attached hydrogen (secondary N) is 1. The molecule has 0 spiro atoms. The maximum Gasteiger partial charge on any atom is 0.161 e. The summed E-state index contributed by atoms with van der Waals surface area (Å²) in [6.45, 7) is 20.7. The molecule has 0 unspecified atom stereocenters. The van der Waals surface area contributed by atoms with Gasteiger partial charge in [-0.15, -0.1) is 0 Å². The van der Waals surface area contributed by atoms with Crippen LogP contribution in [0.2, 0.25) is 0 Å². The van der Waals surface area contributed by atoms with Crippen LogP contribution in [0.1, 0.15) is 79.0 Å². The maximum absolute atomic E-state index is 7.10. The number of nitrogens with zero attached hydrogens (tertiary/aromatic N) is 4. The Bertz CT molecular complexity index is 4610. The highest BCUT2D eigenvalue weighted by Crippen LogP contribution is 2.48. The average molecular weight is 950 g/mol. The molecule has 0 fully saturated rings. The van der Waals surface area contributed by atoms with E-state index in [1.165, 1.54) is 32.8 Å². The van der Waals surface area contributed by atoms with Gasteiger partial charge in [0.2, 0.25) is 0 Å². The van der Waals surface area contributed by atoms with Gasteiger partial charge in [-0.1, -0.05) is 141 Å². The van der Waals surface area contributed by atoms with Crippen molar-refractivity contribution in [2.75, 3.05) is 0 Å². The molecular weight excluding hydrogens is 895 g/mol. The summed E-state index contributed by atoms with van der Waals surface area (Å²) in [5.74, 6) is 1.69. The molecule has 0 saturated heterocycles. The van der Waals surface area contributed by atoms with Crippen LogP contribution in [-0.4, -0.2) is 24.1 Å². The van der Waals surface area contributed by atoms with E-state index in [1.54, 1.807) is 0 Å². The van der Waals surface area contributed by atoms with Crippen molar-refractivity contribution < 1.29 is 8.83 Å². The Balaban J connectivity index is 1.16. The van der Waals surface area contributed by atoms with Crippen LogP contribution in [0.15, 0.2) is 173 Å². The monoisotopic (exact) mass is 949 g/mol. The van der Waals surface area contributed by atoms with E-state index in [-0.39, 0.29) is 16.2 Å². The third-order valence-corrected chi connectivity index (χ3v) is 15.4. The molecule has 0 atom stereocenters. The van der Waals surface area contributed by atoms with Crippen molar-refractivity contribution in [2.24, 2.45) is 0 Å². The predicted octanol–water partition coefficient (Wildman–Crippen LogP) is 18.2. The third kappa shape index (κ3) is 6.50. The van der Waals surface area contributed by atoms with Crippen LogP contribution in [-0.2, 0) is 16.2 Å². The topological polar surface area (TPSA) is 77.7 Å². The van der Waals surface area contributed by atoms with Crippen molar-refractivity contribution in [3.8, 4) is 34.0 Å². The van der Waals surface area contributed by atoms with E-state index in [2.05, 4.69) is 216 Å². The molecule has 356 valence electrons. The van der Waals surface area contributed by atoms with Gasteiger partial charge < -0.3 is 13.8 Å². The highest BCUT2D eigenvalue weighted by molar-refractivity contribution is 6.20. The summed E-state index contributed by atoms with van der Waals surface area (Å²) in [6.07, 6.45) is 1.88. The molecule has 0 amide bonds. The van der Waals surface area contributed by atoms with Crippen LogP contribution >= 0.6 is 0 Å². The second kappa shape index (κ2) is 15.1. The SMILES string of the molecule is CC(C)(C)c1cc(-c2nc3c(-c4ccc5c6ccc(C(C)(C)C)cc6n(-c6ccccn6)c5c4)cc4c5ccccc5oc4c3n2-c2ccc3oc4ccccc4c3c2)c2[nH]c3cccc(C(C)(C)C)c3c2c1. The zero-order chi connectivity index (χ0) is 49.9. The minimum Gasteiger partial charge on any atom is -0.456 e. The molecule has 7 heteroatoms. The number of hydrogen-bond acceptors (Lipinski definition) is 4. The minimum atomic E-state index is -0.180. The fraction of sp³-hybridized carbons (Fsp3) is 0.182. The van der Waals surface area contributed by atoms with Gasteiger partial charge in [-0.3, -0.25) is 9.13 Å². The van der Waals surface area contributed by atoms with Gasteiger partial charge in [0.1, 0.15) is 39.4 Å². The Kier molecular flexibility index (Phi) is 8.95. The number of H-pyrrole nitrogens is 1. The average Bonchev–Trinajstić information content (AvgIpc) is 4.20. The molecule has 6 aromatic heterocycles. The molecule has 6 heterocycles. The highest BCUT2D eigenvalue weighted by atomic mass is 16.3. The van der Waals surface area contributed by atoms with Crippen LogP contribution in [0.25, 0.3) is 133 Å². The van der Waals surface area contributed by atoms with Crippen molar-refractivity contribution in [1.82, 2.24) is 24.1 Å². The number of furan rings is 2. The maximum atomic E-state index is 7.10. The number of rotatable bonds is 4. The Morgan fingerprint density at radius 3 is 1.92 bits per heavy atom. The lowest BCUT2D eigenvalue weighted by Gasteiger charge is -2.22. The number of imidazole rings is 1. The summed E-state index contributed by atoms with van der Waals surface area (Å²) >= 11 is 0. The van der Waals surface area contributed by atoms with Crippen LogP contribution in [0, 0.1) is 0 Å². The normalized spacial score (nSPS) is 13.0. The van der Waals surface area contributed by atoms with Crippen LogP contribution in [0.3, 0.4) is 0 Å². The molecule has 0 radical (unpaired) electrons. The molecule has 0 saturated carbocycles. The first-order valence-corrected chi connectivity index (χ1v) is 25.5. The number of para-hydroxylation sites is 2. The van der Waals surface area contributed by atoms with Gasteiger partial charge in [0.15, 0.2) is 5.58 Å². The molecular formula is C66H55N5O2. The van der Waals surface area contributed by atoms with E-state index in [0.717, 1.165) is 116 Å². The van der Waals surface area contributed by atoms with E-state index in [0.29, 0.717) is 0 Å². The van der Waals surface area contributed by atoms with Gasteiger partial charge in [0.05, 0.1) is 16.6 Å². The Morgan fingerprint density at radius 2 is 1.18 bits per heavy atom. The summed E-state index contributed by atoms with van der Waals surface area (Å²) in [4.78, 5) is 14.9. The van der Waals surface area contributed by atoms with Crippen LogP contribution < -0.4 is 0 Å². The first-order chi connectivity index (χ1) is 35.1. The van der Waals surface area contributed by atoms with E-state index in [9.17, 15) is 0 Å². The Labute approximate surface area is 422 Å². The number of aromatic amines is 1. The van der Waals surface area contributed by atoms with Crippen molar-refractivity contribution in [2.45, 2.75) is 78.6 Å². The van der Waals surface area contributed by atoms with Gasteiger partial charge in [-0.25, -0.2) is 9.97 Å². The van der Waals surface area contributed by atoms with Gasteiger partial charge in [0.25, 0.3) is 0 Å². The summed E-state index contributed by atoms with van der Waals surface area (Å²) in [7, 11) is 0. The molecule has 0 bridgehead atoms. The van der Waals surface area contributed by atoms with Crippen LogP contribution in [0.4, 0.5) is 0 Å². The summed E-state index contributed by atoms with van der Waals surface area (Å²) in [6, 6.07) is 57.0. The Hall–Kier alpha value is -8.42. The summed E-state index contributed by atoms with van der Waals surface area (Å²) in [5, 5.41) is 8.96. The number of benzene rings is 8. The van der Waals surface area contributed by atoms with Gasteiger partial charge >= 0.3 is 0 Å². The number of hydrogen-bond donors (Lipinski definition) is 1. The second-order valence-corrected chi connectivity index (χ2v) is 23.2. The summed E-state index contributed by atoms with van der Waals surface area (Å²) < 4.78 is 18.3. The molecule has 8 aromatic carbocycles. The quantitative estimate of drug-likeness (QED) is 0.191. The molecule has 7 nitrogen and oxygen atoms in total. The van der Waals surface area contributed by atoms with E-state index in [4.69, 9.17) is 18.8 Å². The van der Waals surface area contributed by atoms with E-state index in [1.807, 2.05) is 24.4 Å². The number of pyridine rings is 1. The fourth-order valence-electron chi connectivity index (χ4n) is 11.6. The largest absolute Gasteiger partial charge is 0.456 e. The Morgan fingerprint density at radius 1 is 0.479 bits per heavy atom. The zero-order valence-electron chi connectivity index (χ0n) is 42.7. The van der Waals surface area contributed by atoms with E-state index >= 15 is 0 Å². The van der Waals surface area contributed by atoms with E-state index < -0.39 is 0 Å². The molecule has 14 aromatic rings. The fourth-order valence-corrected chi connectivity index (χ4v) is 11.6. The molecule has 73 heavy (non-hydrogen) atoms. The second-order valence-electron chi connectivity index (χ2n) is 23.2. The van der Waals surface area contributed by atoms with Crippen LogP contribution in [0.5, 0.6) is 0 Å². The number of aromatic nitrogens is 5. The molecule has 14 rings (SSSR count). The highest BCUT2D eigenvalue weighted by Gasteiger charge is 2.30. The molecule has 1 N–H and O–H groups in total. The first kappa shape index (κ1) is 43.4. The standard InChI is InChI=1S/C66H55N5O2/c1-64(2,3)38-25-28-42-41-27-24-37(31-52(41)71(53(42)34-38)57-23-14-15-30-67-57)45-36-47-44-18-11-13-22-55(44)73-62(47)61-60(45)69-63(70(61)40-26-29-56-46(35-40)43-17-10-12-21-54(43)72-56)49-33-39(65(4,5)6)32-48-58-50(66(7,8)9)19-16-20-51(58)68-59(48)49/h10-36,68H,1-9H3. The lowest BCUT2D eigenvalue weighted by Crippen LogP contribution is -2.12. The number of fused-ring (bicyclic) bond motifs is 14.